The van der Waals surface area contributed by atoms with Gasteiger partial charge in [0.2, 0.25) is 5.91 Å². The summed E-state index contributed by atoms with van der Waals surface area (Å²) >= 11 is 0. The molecule has 2 rings (SSSR count). The van der Waals surface area contributed by atoms with Crippen molar-refractivity contribution in [2.75, 3.05) is 25.0 Å². The van der Waals surface area contributed by atoms with Crippen LogP contribution in [0.3, 0.4) is 0 Å². The van der Waals surface area contributed by atoms with Crippen LogP contribution in [0.15, 0.2) is 12.1 Å². The summed E-state index contributed by atoms with van der Waals surface area (Å²) in [6.45, 7) is 10.7. The van der Waals surface area contributed by atoms with E-state index in [1.54, 1.807) is 0 Å². The first-order chi connectivity index (χ1) is 9.47. The Kier molecular flexibility index (Phi) is 4.69. The van der Waals surface area contributed by atoms with E-state index in [2.05, 4.69) is 45.1 Å². The van der Waals surface area contributed by atoms with Gasteiger partial charge in [0, 0.05) is 18.8 Å². The van der Waals surface area contributed by atoms with Crippen molar-refractivity contribution in [3.8, 4) is 0 Å². The summed E-state index contributed by atoms with van der Waals surface area (Å²) in [5.74, 6) is 0.853. The molecule has 1 heterocycles. The Balaban J connectivity index is 1.96. The molecule has 0 radical (unpaired) electrons. The number of benzene rings is 1. The minimum Gasteiger partial charge on any atom is -0.376 e. The van der Waals surface area contributed by atoms with Gasteiger partial charge in [0.1, 0.15) is 0 Å². The minimum absolute atomic E-state index is 0.218. The van der Waals surface area contributed by atoms with Crippen molar-refractivity contribution in [3.05, 3.63) is 28.8 Å². The van der Waals surface area contributed by atoms with Gasteiger partial charge in [-0.15, -0.1) is 0 Å². The number of anilines is 1. The normalized spacial score (nSPS) is 19.0. The van der Waals surface area contributed by atoms with Crippen LogP contribution in [0.5, 0.6) is 0 Å². The van der Waals surface area contributed by atoms with Gasteiger partial charge in [-0.1, -0.05) is 24.6 Å². The highest BCUT2D eigenvalue weighted by Crippen LogP contribution is 2.22. The Morgan fingerprint density at radius 3 is 2.55 bits per heavy atom. The van der Waals surface area contributed by atoms with Gasteiger partial charge in [-0.05, 0) is 50.7 Å². The lowest BCUT2D eigenvalue weighted by Gasteiger charge is -2.31. The molecular formula is C17H26N2O. The van der Waals surface area contributed by atoms with Crippen LogP contribution in [0.25, 0.3) is 0 Å². The van der Waals surface area contributed by atoms with Gasteiger partial charge in [0.05, 0.1) is 6.54 Å². The van der Waals surface area contributed by atoms with E-state index in [9.17, 15) is 4.79 Å². The summed E-state index contributed by atoms with van der Waals surface area (Å²) in [6.07, 6.45) is 2.38. The van der Waals surface area contributed by atoms with Gasteiger partial charge in [-0.25, -0.2) is 0 Å². The number of carbonyl (C=O) groups excluding carboxylic acids is 1. The van der Waals surface area contributed by atoms with Crippen molar-refractivity contribution < 1.29 is 4.79 Å². The van der Waals surface area contributed by atoms with Crippen molar-refractivity contribution in [3.63, 3.8) is 0 Å². The van der Waals surface area contributed by atoms with E-state index in [1.165, 1.54) is 23.1 Å². The van der Waals surface area contributed by atoms with Crippen molar-refractivity contribution in [2.45, 2.75) is 40.5 Å². The minimum atomic E-state index is 0.218. The molecule has 0 saturated carbocycles. The van der Waals surface area contributed by atoms with Gasteiger partial charge in [0.25, 0.3) is 0 Å². The Morgan fingerprint density at radius 1 is 1.30 bits per heavy atom. The molecule has 1 atom stereocenters. The molecular weight excluding hydrogens is 248 g/mol. The predicted octanol–water partition coefficient (Wildman–Crippen LogP) is 3.28. The van der Waals surface area contributed by atoms with E-state index in [0.717, 1.165) is 25.2 Å². The third-order valence-corrected chi connectivity index (χ3v) is 4.10. The number of piperidine rings is 1. The molecule has 0 aromatic heterocycles. The number of hydrogen-bond acceptors (Lipinski definition) is 2. The maximum Gasteiger partial charge on any atom is 0.241 e. The summed E-state index contributed by atoms with van der Waals surface area (Å²) in [6, 6.07) is 4.31. The van der Waals surface area contributed by atoms with E-state index >= 15 is 0 Å². The molecule has 3 heteroatoms. The highest BCUT2D eigenvalue weighted by Gasteiger charge is 2.20. The third-order valence-electron chi connectivity index (χ3n) is 4.10. The maximum absolute atomic E-state index is 12.3. The van der Waals surface area contributed by atoms with Crippen LogP contribution in [0.1, 0.15) is 36.5 Å². The molecule has 3 nitrogen and oxygen atoms in total. The van der Waals surface area contributed by atoms with E-state index in [4.69, 9.17) is 0 Å². The largest absolute Gasteiger partial charge is 0.376 e. The van der Waals surface area contributed by atoms with E-state index in [0.29, 0.717) is 12.5 Å². The molecule has 0 bridgehead atoms. The fourth-order valence-electron chi connectivity index (χ4n) is 3.15. The molecule has 1 aromatic rings. The van der Waals surface area contributed by atoms with Gasteiger partial charge >= 0.3 is 0 Å². The number of nitrogens with one attached hydrogen (secondary N) is 1. The number of carbonyl (C=O) groups is 1. The van der Waals surface area contributed by atoms with Crippen LogP contribution in [-0.2, 0) is 4.79 Å². The molecule has 0 spiro atoms. The Labute approximate surface area is 122 Å². The zero-order valence-electron chi connectivity index (χ0n) is 13.1. The SMILES string of the molecule is Cc1cc(C)c(NCC(=O)N2CCCC(C)C2)c(C)c1. The molecule has 1 unspecified atom stereocenters. The lowest BCUT2D eigenvalue weighted by Crippen LogP contribution is -2.42. The van der Waals surface area contributed by atoms with Gasteiger partial charge < -0.3 is 10.2 Å². The average molecular weight is 274 g/mol. The zero-order valence-corrected chi connectivity index (χ0v) is 13.1. The molecule has 1 saturated heterocycles. The first-order valence-corrected chi connectivity index (χ1v) is 7.57. The second kappa shape index (κ2) is 6.29. The summed E-state index contributed by atoms with van der Waals surface area (Å²) in [5, 5.41) is 3.33. The van der Waals surface area contributed by atoms with Crippen LogP contribution in [0, 0.1) is 26.7 Å². The molecule has 1 aliphatic rings. The average Bonchev–Trinajstić information content (AvgIpc) is 2.37. The first kappa shape index (κ1) is 14.9. The van der Waals surface area contributed by atoms with Crippen LogP contribution in [-0.4, -0.2) is 30.4 Å². The maximum atomic E-state index is 12.3. The van der Waals surface area contributed by atoms with Crippen LogP contribution in [0.4, 0.5) is 5.69 Å². The Hall–Kier alpha value is -1.51. The molecule has 1 aliphatic heterocycles. The van der Waals surface area contributed by atoms with Crippen LogP contribution >= 0.6 is 0 Å². The van der Waals surface area contributed by atoms with Crippen LogP contribution < -0.4 is 5.32 Å². The number of hydrogen-bond donors (Lipinski definition) is 1. The molecule has 1 amide bonds. The fraction of sp³-hybridized carbons (Fsp3) is 0.588. The topological polar surface area (TPSA) is 32.3 Å². The van der Waals surface area contributed by atoms with Gasteiger partial charge in [-0.2, -0.15) is 0 Å². The van der Waals surface area contributed by atoms with Crippen molar-refractivity contribution in [1.29, 1.82) is 0 Å². The third kappa shape index (κ3) is 3.53. The number of amides is 1. The highest BCUT2D eigenvalue weighted by molar-refractivity contribution is 5.81. The zero-order chi connectivity index (χ0) is 14.7. The van der Waals surface area contributed by atoms with Gasteiger partial charge in [-0.3, -0.25) is 4.79 Å². The summed E-state index contributed by atoms with van der Waals surface area (Å²) < 4.78 is 0. The number of aryl methyl sites for hydroxylation is 3. The highest BCUT2D eigenvalue weighted by atomic mass is 16.2. The molecule has 20 heavy (non-hydrogen) atoms. The second-order valence-electron chi connectivity index (χ2n) is 6.21. The first-order valence-electron chi connectivity index (χ1n) is 7.57. The molecule has 1 aromatic carbocycles. The van der Waals surface area contributed by atoms with Crippen LogP contribution in [0.2, 0.25) is 0 Å². The van der Waals surface area contributed by atoms with E-state index in [-0.39, 0.29) is 5.91 Å². The summed E-state index contributed by atoms with van der Waals surface area (Å²) in [7, 11) is 0. The Bertz CT molecular complexity index is 473. The summed E-state index contributed by atoms with van der Waals surface area (Å²) in [4.78, 5) is 14.3. The molecule has 1 N–H and O–H groups in total. The quantitative estimate of drug-likeness (QED) is 0.917. The predicted molar refractivity (Wildman–Crippen MR) is 84.1 cm³/mol. The number of nitrogens with zero attached hydrogens (tertiary/aromatic N) is 1. The smallest absolute Gasteiger partial charge is 0.241 e. The molecule has 0 aliphatic carbocycles. The van der Waals surface area contributed by atoms with E-state index < -0.39 is 0 Å². The standard InChI is InChI=1S/C17H26N2O/c1-12-6-5-7-19(11-12)16(20)10-18-17-14(3)8-13(2)9-15(17)4/h8-9,12,18H,5-7,10-11H2,1-4H3. The number of rotatable bonds is 3. The van der Waals surface area contributed by atoms with E-state index in [1.807, 2.05) is 4.90 Å². The monoisotopic (exact) mass is 274 g/mol. The lowest BCUT2D eigenvalue weighted by molar-refractivity contribution is -0.130. The number of likely N-dealkylation sites (tertiary alicyclic amines) is 1. The molecule has 110 valence electrons. The molecule has 1 fully saturated rings. The van der Waals surface area contributed by atoms with Gasteiger partial charge in [0.15, 0.2) is 0 Å². The fourth-order valence-corrected chi connectivity index (χ4v) is 3.15. The lowest BCUT2D eigenvalue weighted by atomic mass is 10.0. The van der Waals surface area contributed by atoms with Crippen molar-refractivity contribution in [2.24, 2.45) is 5.92 Å². The van der Waals surface area contributed by atoms with Crippen molar-refractivity contribution >= 4 is 11.6 Å². The Morgan fingerprint density at radius 2 is 1.95 bits per heavy atom. The second-order valence-corrected chi connectivity index (χ2v) is 6.21. The van der Waals surface area contributed by atoms with Crippen molar-refractivity contribution in [1.82, 2.24) is 4.90 Å². The summed E-state index contributed by atoms with van der Waals surface area (Å²) in [5.41, 5.74) is 4.79.